The third-order valence-corrected chi connectivity index (χ3v) is 6.28. The zero-order valence-corrected chi connectivity index (χ0v) is 14.8. The molecule has 0 radical (unpaired) electrons. The number of allylic oxidation sites excluding steroid dienone is 4. The Morgan fingerprint density at radius 1 is 1.27 bits per heavy atom. The van der Waals surface area contributed by atoms with Gasteiger partial charge in [-0.05, 0) is 76.7 Å². The molecule has 0 unspecified atom stereocenters. The molecular formula is C20H30O2. The minimum absolute atomic E-state index is 0.0594. The third kappa shape index (κ3) is 2.71. The van der Waals surface area contributed by atoms with Crippen molar-refractivity contribution in [2.24, 2.45) is 11.3 Å². The molecule has 2 fully saturated rings. The first-order valence-electron chi connectivity index (χ1n) is 8.79. The fourth-order valence-corrected chi connectivity index (χ4v) is 4.64. The minimum Gasteiger partial charge on any atom is -0.366 e. The summed E-state index contributed by atoms with van der Waals surface area (Å²) < 4.78 is 6.00. The number of hydrogen-bond acceptors (Lipinski definition) is 2. The molecule has 0 aromatic carbocycles. The molecule has 22 heavy (non-hydrogen) atoms. The van der Waals surface area contributed by atoms with Crippen LogP contribution in [0.4, 0.5) is 0 Å². The maximum atomic E-state index is 12.6. The van der Waals surface area contributed by atoms with Crippen molar-refractivity contribution in [3.63, 3.8) is 0 Å². The van der Waals surface area contributed by atoms with Crippen molar-refractivity contribution in [2.75, 3.05) is 0 Å². The molecule has 0 aromatic heterocycles. The van der Waals surface area contributed by atoms with Gasteiger partial charge in [0.1, 0.15) is 0 Å². The van der Waals surface area contributed by atoms with Crippen molar-refractivity contribution >= 4 is 5.78 Å². The Morgan fingerprint density at radius 3 is 2.68 bits per heavy atom. The van der Waals surface area contributed by atoms with Crippen LogP contribution in [0.5, 0.6) is 0 Å². The van der Waals surface area contributed by atoms with E-state index in [2.05, 4.69) is 40.7 Å². The average Bonchev–Trinajstić information content (AvgIpc) is 2.99. The summed E-state index contributed by atoms with van der Waals surface area (Å²) in [5.41, 5.74) is 3.94. The van der Waals surface area contributed by atoms with Crippen molar-refractivity contribution in [3.05, 3.63) is 22.8 Å². The van der Waals surface area contributed by atoms with Gasteiger partial charge in [0.25, 0.3) is 0 Å². The van der Waals surface area contributed by atoms with E-state index in [9.17, 15) is 4.79 Å². The quantitative estimate of drug-likeness (QED) is 0.358. The summed E-state index contributed by atoms with van der Waals surface area (Å²) in [7, 11) is 0. The minimum atomic E-state index is 0.0594. The normalized spacial score (nSPS) is 44.5. The van der Waals surface area contributed by atoms with Crippen LogP contribution in [0.25, 0.3) is 0 Å². The van der Waals surface area contributed by atoms with E-state index in [1.54, 1.807) is 0 Å². The van der Waals surface area contributed by atoms with E-state index in [1.165, 1.54) is 11.1 Å². The lowest BCUT2D eigenvalue weighted by atomic mass is 9.72. The summed E-state index contributed by atoms with van der Waals surface area (Å²) in [6.45, 7) is 11.0. The molecule has 4 atom stereocenters. The zero-order chi connectivity index (χ0) is 16.1. The number of carbonyl (C=O) groups excluding carboxylic acids is 1. The van der Waals surface area contributed by atoms with Crippen LogP contribution in [-0.4, -0.2) is 17.5 Å². The molecule has 0 aromatic rings. The number of fused-ring (bicyclic) bond motifs is 2. The van der Waals surface area contributed by atoms with Crippen LogP contribution in [-0.2, 0) is 9.53 Å². The highest BCUT2D eigenvalue weighted by Gasteiger charge is 2.53. The van der Waals surface area contributed by atoms with Gasteiger partial charge in [0.05, 0.1) is 11.7 Å². The highest BCUT2D eigenvalue weighted by molar-refractivity contribution is 5.99. The maximum absolute atomic E-state index is 12.6. The Balaban J connectivity index is 1.95. The van der Waals surface area contributed by atoms with Gasteiger partial charge in [-0.15, -0.1) is 0 Å². The SMILES string of the molecule is CC(C)=C1C(=O)C[C@]2(C)C/C=C(\C)CC[C@H]3O[C@]3(C)CC[C@@H]12. The maximum Gasteiger partial charge on any atom is 0.159 e. The van der Waals surface area contributed by atoms with Crippen LogP contribution in [0.3, 0.4) is 0 Å². The van der Waals surface area contributed by atoms with Gasteiger partial charge in [0.2, 0.25) is 0 Å². The standard InChI is InChI=1S/C20H30O2/c1-13(2)18-15-9-11-20(5)17(22-20)7-6-14(3)8-10-19(15,4)12-16(18)21/h8,15,17H,6-7,9-12H2,1-5H3/b14-8+/t15-,17+,19-,20+/m0/s1. The second-order valence-corrected chi connectivity index (χ2v) is 8.47. The molecule has 122 valence electrons. The van der Waals surface area contributed by atoms with Gasteiger partial charge in [0.15, 0.2) is 5.78 Å². The van der Waals surface area contributed by atoms with Crippen molar-refractivity contribution in [2.45, 2.75) is 84.8 Å². The molecule has 0 spiro atoms. The molecule has 0 N–H and O–H groups in total. The van der Waals surface area contributed by atoms with Crippen LogP contribution < -0.4 is 0 Å². The van der Waals surface area contributed by atoms with Gasteiger partial charge in [-0.2, -0.15) is 0 Å². The lowest BCUT2D eigenvalue weighted by Gasteiger charge is -2.31. The Hall–Kier alpha value is -0.890. The molecule has 2 nitrogen and oxygen atoms in total. The number of Topliss-reactive ketones (excluding diaryl/α,β-unsaturated/α-hetero) is 1. The van der Waals surface area contributed by atoms with Gasteiger partial charge >= 0.3 is 0 Å². The molecule has 1 saturated heterocycles. The Labute approximate surface area is 135 Å². The highest BCUT2D eigenvalue weighted by Crippen LogP contribution is 2.53. The van der Waals surface area contributed by atoms with E-state index in [-0.39, 0.29) is 11.0 Å². The summed E-state index contributed by atoms with van der Waals surface area (Å²) >= 11 is 0. The van der Waals surface area contributed by atoms with E-state index in [1.807, 2.05) is 0 Å². The monoisotopic (exact) mass is 302 g/mol. The summed E-state index contributed by atoms with van der Waals surface area (Å²) in [4.78, 5) is 12.6. The van der Waals surface area contributed by atoms with E-state index in [0.717, 1.165) is 37.7 Å². The highest BCUT2D eigenvalue weighted by atomic mass is 16.6. The molecule has 0 amide bonds. The van der Waals surface area contributed by atoms with Gasteiger partial charge in [-0.3, -0.25) is 4.79 Å². The third-order valence-electron chi connectivity index (χ3n) is 6.28. The molecular weight excluding hydrogens is 272 g/mol. The van der Waals surface area contributed by atoms with Crippen LogP contribution in [0.15, 0.2) is 22.8 Å². The first-order chi connectivity index (χ1) is 10.3. The topological polar surface area (TPSA) is 29.6 Å². The molecule has 3 rings (SSSR count). The molecule has 1 aliphatic heterocycles. The Bertz CT molecular complexity index is 552. The number of hydrogen-bond donors (Lipinski definition) is 0. The Kier molecular flexibility index (Phi) is 3.87. The second-order valence-electron chi connectivity index (χ2n) is 8.47. The predicted molar refractivity (Wildman–Crippen MR) is 89.7 cm³/mol. The largest absolute Gasteiger partial charge is 0.366 e. The number of ether oxygens (including phenoxy) is 1. The van der Waals surface area contributed by atoms with Crippen molar-refractivity contribution in [1.29, 1.82) is 0 Å². The second kappa shape index (κ2) is 5.33. The van der Waals surface area contributed by atoms with Crippen LogP contribution in [0.2, 0.25) is 0 Å². The number of carbonyl (C=O) groups is 1. The average molecular weight is 302 g/mol. The van der Waals surface area contributed by atoms with Crippen molar-refractivity contribution in [1.82, 2.24) is 0 Å². The van der Waals surface area contributed by atoms with Gasteiger partial charge in [-0.1, -0.05) is 24.1 Å². The van der Waals surface area contributed by atoms with Crippen molar-refractivity contribution in [3.8, 4) is 0 Å². The molecule has 2 aliphatic carbocycles. The fourth-order valence-electron chi connectivity index (χ4n) is 4.64. The molecule has 2 heteroatoms. The molecule has 3 aliphatic rings. The fraction of sp³-hybridized carbons (Fsp3) is 0.750. The summed E-state index contributed by atoms with van der Waals surface area (Å²) in [5.74, 6) is 0.780. The molecule has 1 heterocycles. The van der Waals surface area contributed by atoms with E-state index >= 15 is 0 Å². The first kappa shape index (κ1) is 16.0. The van der Waals surface area contributed by atoms with E-state index < -0.39 is 0 Å². The summed E-state index contributed by atoms with van der Waals surface area (Å²) in [6, 6.07) is 0. The van der Waals surface area contributed by atoms with Crippen LogP contribution in [0.1, 0.15) is 73.1 Å². The zero-order valence-electron chi connectivity index (χ0n) is 14.8. The van der Waals surface area contributed by atoms with Crippen molar-refractivity contribution < 1.29 is 9.53 Å². The van der Waals surface area contributed by atoms with Crippen LogP contribution in [0, 0.1) is 11.3 Å². The summed E-state index contributed by atoms with van der Waals surface area (Å²) in [6.07, 6.45) is 9.01. The predicted octanol–water partition coefficient (Wildman–Crippen LogP) is 4.99. The van der Waals surface area contributed by atoms with Crippen LogP contribution >= 0.6 is 0 Å². The number of epoxide rings is 1. The number of ketones is 1. The molecule has 1 saturated carbocycles. The number of rotatable bonds is 0. The summed E-state index contributed by atoms with van der Waals surface area (Å²) in [5, 5.41) is 0. The first-order valence-corrected chi connectivity index (χ1v) is 8.79. The van der Waals surface area contributed by atoms with E-state index in [0.29, 0.717) is 24.2 Å². The molecule has 0 bridgehead atoms. The van der Waals surface area contributed by atoms with Gasteiger partial charge in [-0.25, -0.2) is 0 Å². The van der Waals surface area contributed by atoms with Gasteiger partial charge < -0.3 is 4.74 Å². The smallest absolute Gasteiger partial charge is 0.159 e. The van der Waals surface area contributed by atoms with Gasteiger partial charge in [0, 0.05) is 6.42 Å². The lowest BCUT2D eigenvalue weighted by molar-refractivity contribution is -0.115. The van der Waals surface area contributed by atoms with E-state index in [4.69, 9.17) is 4.74 Å². The lowest BCUT2D eigenvalue weighted by Crippen LogP contribution is -2.24. The Morgan fingerprint density at radius 2 is 2.00 bits per heavy atom.